The van der Waals surface area contributed by atoms with Gasteiger partial charge < -0.3 is 14.1 Å². The number of carbonyl (C=O) groups is 1. The van der Waals surface area contributed by atoms with Crippen molar-refractivity contribution in [1.82, 2.24) is 9.88 Å². The van der Waals surface area contributed by atoms with E-state index in [0.29, 0.717) is 32.0 Å². The molecule has 2 aliphatic rings. The van der Waals surface area contributed by atoms with Gasteiger partial charge in [0.15, 0.2) is 0 Å². The van der Waals surface area contributed by atoms with Crippen LogP contribution in [0.4, 0.5) is 0 Å². The van der Waals surface area contributed by atoms with Gasteiger partial charge in [-0.15, -0.1) is 11.3 Å². The van der Waals surface area contributed by atoms with E-state index in [1.807, 2.05) is 17.5 Å². The van der Waals surface area contributed by atoms with Crippen molar-refractivity contribution in [3.05, 3.63) is 39.7 Å². The lowest BCUT2D eigenvalue weighted by atomic mass is 10.3. The molecule has 0 radical (unpaired) electrons. The van der Waals surface area contributed by atoms with E-state index in [1.54, 1.807) is 16.2 Å². The maximum Gasteiger partial charge on any atom is 0.228 e. The van der Waals surface area contributed by atoms with Gasteiger partial charge in [0.2, 0.25) is 11.8 Å². The van der Waals surface area contributed by atoms with Crippen molar-refractivity contribution in [3.8, 4) is 0 Å². The highest BCUT2D eigenvalue weighted by Crippen LogP contribution is 2.29. The van der Waals surface area contributed by atoms with Gasteiger partial charge in [-0.2, -0.15) is 0 Å². The first-order valence-corrected chi connectivity index (χ1v) is 8.51. The zero-order valence-corrected chi connectivity index (χ0v) is 13.1. The molecule has 3 heterocycles. The van der Waals surface area contributed by atoms with Crippen LogP contribution in [-0.4, -0.2) is 22.4 Å². The van der Waals surface area contributed by atoms with Crippen LogP contribution in [0.1, 0.15) is 35.1 Å². The van der Waals surface area contributed by atoms with Gasteiger partial charge in [-0.25, -0.2) is 4.98 Å². The van der Waals surface area contributed by atoms with E-state index in [4.69, 9.17) is 9.15 Å². The third-order valence-corrected chi connectivity index (χ3v) is 4.91. The highest BCUT2D eigenvalue weighted by atomic mass is 32.1. The molecule has 6 heteroatoms. The van der Waals surface area contributed by atoms with E-state index < -0.39 is 0 Å². The molecule has 0 bridgehead atoms. The van der Waals surface area contributed by atoms with E-state index >= 15 is 0 Å². The normalized spacial score (nSPS) is 17.0. The largest absolute Gasteiger partial charge is 0.441 e. The third kappa shape index (κ3) is 3.08. The Balaban J connectivity index is 1.31. The third-order valence-electron chi connectivity index (χ3n) is 4.03. The summed E-state index contributed by atoms with van der Waals surface area (Å²) in [5, 5.41) is 1.99. The molecule has 22 heavy (non-hydrogen) atoms. The van der Waals surface area contributed by atoms with E-state index in [-0.39, 0.29) is 5.91 Å². The zero-order chi connectivity index (χ0) is 14.9. The fraction of sp³-hybridized carbons (Fsp3) is 0.500. The van der Waals surface area contributed by atoms with Crippen molar-refractivity contribution in [2.45, 2.75) is 39.0 Å². The van der Waals surface area contributed by atoms with Crippen LogP contribution in [-0.2, 0) is 35.6 Å². The fourth-order valence-electron chi connectivity index (χ4n) is 2.60. The second kappa shape index (κ2) is 5.85. The predicted molar refractivity (Wildman–Crippen MR) is 81.2 cm³/mol. The van der Waals surface area contributed by atoms with Crippen molar-refractivity contribution < 1.29 is 13.9 Å². The average Bonchev–Trinajstić information content (AvgIpc) is 2.87. The first kappa shape index (κ1) is 14.0. The summed E-state index contributed by atoms with van der Waals surface area (Å²) in [4.78, 5) is 19.6. The van der Waals surface area contributed by atoms with Gasteiger partial charge in [0.25, 0.3) is 0 Å². The van der Waals surface area contributed by atoms with E-state index in [2.05, 4.69) is 4.98 Å². The van der Waals surface area contributed by atoms with Crippen molar-refractivity contribution in [2.75, 3.05) is 6.61 Å². The molecule has 1 saturated carbocycles. The number of ether oxygens (including phenoxy) is 1. The van der Waals surface area contributed by atoms with Crippen LogP contribution in [0.25, 0.3) is 0 Å². The summed E-state index contributed by atoms with van der Waals surface area (Å²) in [6, 6.07) is 3.96. The smallest absolute Gasteiger partial charge is 0.228 e. The number of aromatic nitrogens is 1. The number of hydrogen-bond donors (Lipinski definition) is 0. The van der Waals surface area contributed by atoms with Crippen LogP contribution in [0.5, 0.6) is 0 Å². The van der Waals surface area contributed by atoms with Crippen LogP contribution >= 0.6 is 11.3 Å². The van der Waals surface area contributed by atoms with Gasteiger partial charge in [-0.1, -0.05) is 6.07 Å². The summed E-state index contributed by atoms with van der Waals surface area (Å²) in [5.74, 6) is 2.31. The minimum absolute atomic E-state index is 0.127. The lowest BCUT2D eigenvalue weighted by molar-refractivity contribution is -0.131. The summed E-state index contributed by atoms with van der Waals surface area (Å²) >= 11 is 1.61. The number of amides is 1. The van der Waals surface area contributed by atoms with Gasteiger partial charge in [-0.05, 0) is 30.2 Å². The molecule has 2 aromatic heterocycles. The Morgan fingerprint density at radius 3 is 3.09 bits per heavy atom. The standard InChI is InChI=1S/C16H18N2O3S/c19-16(6-12-2-1-5-22-12)18-7-13-14(8-18)21-15(17-13)10-20-9-11-3-4-11/h1-2,5,11H,3-4,6-10H2. The molecular formula is C16H18N2O3S. The maximum atomic E-state index is 12.3. The summed E-state index contributed by atoms with van der Waals surface area (Å²) in [6.07, 6.45) is 3.02. The molecule has 0 atom stereocenters. The van der Waals surface area contributed by atoms with Gasteiger partial charge >= 0.3 is 0 Å². The Hall–Kier alpha value is -1.66. The summed E-state index contributed by atoms with van der Waals surface area (Å²) in [6.45, 7) is 2.31. The number of nitrogens with zero attached hydrogens (tertiary/aromatic N) is 2. The van der Waals surface area contributed by atoms with Crippen molar-refractivity contribution in [3.63, 3.8) is 0 Å². The highest BCUT2D eigenvalue weighted by molar-refractivity contribution is 7.10. The molecule has 5 nitrogen and oxygen atoms in total. The summed E-state index contributed by atoms with van der Waals surface area (Å²) in [5.41, 5.74) is 0.879. The van der Waals surface area contributed by atoms with Crippen LogP contribution in [0.2, 0.25) is 0 Å². The maximum absolute atomic E-state index is 12.3. The highest BCUT2D eigenvalue weighted by Gasteiger charge is 2.29. The molecule has 1 amide bonds. The molecule has 0 aromatic carbocycles. The van der Waals surface area contributed by atoms with Crippen molar-refractivity contribution >= 4 is 17.2 Å². The molecule has 0 spiro atoms. The Morgan fingerprint density at radius 1 is 1.45 bits per heavy atom. The second-order valence-electron chi connectivity index (χ2n) is 5.94. The first-order chi connectivity index (χ1) is 10.8. The van der Waals surface area contributed by atoms with Crippen molar-refractivity contribution in [1.29, 1.82) is 0 Å². The molecule has 2 aromatic rings. The monoisotopic (exact) mass is 318 g/mol. The number of thiophene rings is 1. The van der Waals surface area contributed by atoms with Crippen molar-refractivity contribution in [2.24, 2.45) is 5.92 Å². The summed E-state index contributed by atoms with van der Waals surface area (Å²) in [7, 11) is 0. The number of rotatable bonds is 6. The Labute approximate surface area is 132 Å². The van der Waals surface area contributed by atoms with Gasteiger partial charge in [0.05, 0.1) is 26.1 Å². The average molecular weight is 318 g/mol. The zero-order valence-electron chi connectivity index (χ0n) is 12.3. The number of carbonyl (C=O) groups excluding carboxylic acids is 1. The lowest BCUT2D eigenvalue weighted by Crippen LogP contribution is -2.27. The molecule has 0 N–H and O–H groups in total. The van der Waals surface area contributed by atoms with Gasteiger partial charge in [0.1, 0.15) is 18.1 Å². The van der Waals surface area contributed by atoms with E-state index in [1.165, 1.54) is 12.8 Å². The fourth-order valence-corrected chi connectivity index (χ4v) is 3.30. The number of fused-ring (bicyclic) bond motifs is 1. The molecule has 1 fully saturated rings. The topological polar surface area (TPSA) is 55.6 Å². The van der Waals surface area contributed by atoms with E-state index in [0.717, 1.165) is 28.9 Å². The molecule has 116 valence electrons. The molecule has 1 aliphatic carbocycles. The molecule has 0 unspecified atom stereocenters. The lowest BCUT2D eigenvalue weighted by Gasteiger charge is -2.14. The molecular weight excluding hydrogens is 300 g/mol. The molecule has 0 saturated heterocycles. The SMILES string of the molecule is O=C(Cc1cccs1)N1Cc2nc(COCC3CC3)oc2C1. The Kier molecular flexibility index (Phi) is 3.72. The Bertz CT molecular complexity index is 637. The minimum Gasteiger partial charge on any atom is -0.441 e. The summed E-state index contributed by atoms with van der Waals surface area (Å²) < 4.78 is 11.3. The first-order valence-electron chi connectivity index (χ1n) is 7.63. The van der Waals surface area contributed by atoms with Crippen LogP contribution in [0, 0.1) is 5.92 Å². The van der Waals surface area contributed by atoms with Crippen LogP contribution in [0.15, 0.2) is 21.9 Å². The quantitative estimate of drug-likeness (QED) is 0.822. The van der Waals surface area contributed by atoms with Crippen LogP contribution in [0.3, 0.4) is 0 Å². The second-order valence-corrected chi connectivity index (χ2v) is 6.97. The van der Waals surface area contributed by atoms with Crippen LogP contribution < -0.4 is 0 Å². The van der Waals surface area contributed by atoms with Gasteiger partial charge in [-0.3, -0.25) is 4.79 Å². The van der Waals surface area contributed by atoms with E-state index in [9.17, 15) is 4.79 Å². The predicted octanol–water partition coefficient (Wildman–Crippen LogP) is 2.75. The Morgan fingerprint density at radius 2 is 2.36 bits per heavy atom. The number of hydrogen-bond acceptors (Lipinski definition) is 5. The van der Waals surface area contributed by atoms with Gasteiger partial charge in [0, 0.05) is 4.88 Å². The minimum atomic E-state index is 0.127. The number of oxazole rings is 1. The molecule has 1 aliphatic heterocycles. The molecule has 4 rings (SSSR count).